The fourth-order valence-electron chi connectivity index (χ4n) is 2.56. The number of fused-ring (bicyclic) bond motifs is 2. The Morgan fingerprint density at radius 1 is 1.19 bits per heavy atom. The molecule has 0 saturated carbocycles. The molecule has 0 aromatic heterocycles. The van der Waals surface area contributed by atoms with E-state index in [4.69, 9.17) is 9.47 Å². The number of amides is 2. The van der Waals surface area contributed by atoms with Gasteiger partial charge in [-0.3, -0.25) is 4.90 Å². The van der Waals surface area contributed by atoms with Crippen molar-refractivity contribution in [3.63, 3.8) is 0 Å². The smallest absolute Gasteiger partial charge is 0.326 e. The molecule has 0 spiro atoms. The van der Waals surface area contributed by atoms with Crippen LogP contribution in [0.3, 0.4) is 0 Å². The number of carbonyl (C=O) groups excluding carboxylic acids is 1. The number of benzene rings is 2. The lowest BCUT2D eigenvalue weighted by molar-refractivity contribution is 0.174. The minimum Gasteiger partial charge on any atom is -0.454 e. The SMILES string of the molecule is O=C1Nc2ccc(F)cc2CN1c1cccc2c1OCO2. The molecule has 0 saturated heterocycles. The van der Waals surface area contributed by atoms with E-state index in [1.54, 1.807) is 24.3 Å². The lowest BCUT2D eigenvalue weighted by atomic mass is 10.1. The summed E-state index contributed by atoms with van der Waals surface area (Å²) in [5, 5.41) is 2.75. The highest BCUT2D eigenvalue weighted by molar-refractivity contribution is 6.05. The summed E-state index contributed by atoms with van der Waals surface area (Å²) in [5.74, 6) is 0.806. The number of urea groups is 1. The number of hydrogen-bond donors (Lipinski definition) is 1. The molecule has 2 aromatic rings. The Balaban J connectivity index is 1.77. The average molecular weight is 286 g/mol. The number of anilines is 2. The maximum atomic E-state index is 13.4. The van der Waals surface area contributed by atoms with Gasteiger partial charge < -0.3 is 14.8 Å². The van der Waals surface area contributed by atoms with E-state index in [9.17, 15) is 9.18 Å². The van der Waals surface area contributed by atoms with Crippen LogP contribution in [0.2, 0.25) is 0 Å². The number of para-hydroxylation sites is 1. The van der Waals surface area contributed by atoms with Gasteiger partial charge >= 0.3 is 6.03 Å². The van der Waals surface area contributed by atoms with Crippen LogP contribution in [0.1, 0.15) is 5.56 Å². The number of carbonyl (C=O) groups is 1. The maximum Gasteiger partial charge on any atom is 0.326 e. The number of halogens is 1. The molecular weight excluding hydrogens is 275 g/mol. The molecule has 2 aromatic carbocycles. The zero-order valence-electron chi connectivity index (χ0n) is 10.9. The Morgan fingerprint density at radius 3 is 3.00 bits per heavy atom. The van der Waals surface area contributed by atoms with Crippen LogP contribution in [0.25, 0.3) is 0 Å². The van der Waals surface area contributed by atoms with Gasteiger partial charge in [0.2, 0.25) is 6.79 Å². The lowest BCUT2D eigenvalue weighted by Gasteiger charge is -2.29. The minimum absolute atomic E-state index is 0.132. The van der Waals surface area contributed by atoms with Gasteiger partial charge in [-0.25, -0.2) is 9.18 Å². The fraction of sp³-hybridized carbons (Fsp3) is 0.133. The van der Waals surface area contributed by atoms with E-state index >= 15 is 0 Å². The highest BCUT2D eigenvalue weighted by atomic mass is 19.1. The average Bonchev–Trinajstić information content (AvgIpc) is 2.95. The van der Waals surface area contributed by atoms with Gasteiger partial charge in [0.1, 0.15) is 5.82 Å². The van der Waals surface area contributed by atoms with E-state index in [2.05, 4.69) is 5.32 Å². The van der Waals surface area contributed by atoms with Crippen LogP contribution in [0, 0.1) is 5.82 Å². The predicted octanol–water partition coefficient (Wildman–Crippen LogP) is 3.11. The molecule has 0 atom stereocenters. The van der Waals surface area contributed by atoms with Crippen molar-refractivity contribution in [1.82, 2.24) is 0 Å². The first-order chi connectivity index (χ1) is 10.2. The quantitative estimate of drug-likeness (QED) is 0.876. The molecule has 1 N–H and O–H groups in total. The fourth-order valence-corrected chi connectivity index (χ4v) is 2.56. The van der Waals surface area contributed by atoms with Crippen molar-refractivity contribution < 1.29 is 18.7 Å². The van der Waals surface area contributed by atoms with E-state index in [0.29, 0.717) is 28.4 Å². The van der Waals surface area contributed by atoms with Crippen LogP contribution in [0.4, 0.5) is 20.6 Å². The summed E-state index contributed by atoms with van der Waals surface area (Å²) in [5.41, 5.74) is 1.95. The zero-order chi connectivity index (χ0) is 14.4. The number of rotatable bonds is 1. The molecule has 4 rings (SSSR count). The number of nitrogens with one attached hydrogen (secondary N) is 1. The van der Waals surface area contributed by atoms with Crippen LogP contribution in [-0.4, -0.2) is 12.8 Å². The van der Waals surface area contributed by atoms with Crippen molar-refractivity contribution >= 4 is 17.4 Å². The molecule has 21 heavy (non-hydrogen) atoms. The third kappa shape index (κ3) is 1.87. The van der Waals surface area contributed by atoms with Crippen molar-refractivity contribution in [3.05, 3.63) is 47.8 Å². The summed E-state index contributed by atoms with van der Waals surface area (Å²) >= 11 is 0. The van der Waals surface area contributed by atoms with Crippen LogP contribution in [-0.2, 0) is 6.54 Å². The summed E-state index contributed by atoms with van der Waals surface area (Å²) in [6, 6.07) is 9.37. The third-order valence-electron chi connectivity index (χ3n) is 3.55. The molecular formula is C15H11FN2O3. The molecule has 2 heterocycles. The van der Waals surface area contributed by atoms with Gasteiger partial charge in [0.25, 0.3) is 0 Å². The molecule has 6 heteroatoms. The van der Waals surface area contributed by atoms with E-state index < -0.39 is 0 Å². The molecule has 0 fully saturated rings. The number of ether oxygens (including phenoxy) is 2. The summed E-state index contributed by atoms with van der Waals surface area (Å²) in [6.45, 7) is 0.408. The topological polar surface area (TPSA) is 50.8 Å². The van der Waals surface area contributed by atoms with Crippen molar-refractivity contribution in [3.8, 4) is 11.5 Å². The second kappa shape index (κ2) is 4.37. The molecule has 0 radical (unpaired) electrons. The van der Waals surface area contributed by atoms with Gasteiger partial charge in [-0.15, -0.1) is 0 Å². The number of hydrogen-bond acceptors (Lipinski definition) is 3. The van der Waals surface area contributed by atoms with Crippen LogP contribution in [0.15, 0.2) is 36.4 Å². The first-order valence-corrected chi connectivity index (χ1v) is 6.48. The van der Waals surface area contributed by atoms with E-state index in [0.717, 1.165) is 0 Å². The predicted molar refractivity (Wildman–Crippen MR) is 74.2 cm³/mol. The molecule has 0 aliphatic carbocycles. The van der Waals surface area contributed by atoms with Gasteiger partial charge in [0.15, 0.2) is 11.5 Å². The van der Waals surface area contributed by atoms with E-state index in [-0.39, 0.29) is 25.2 Å². The second-order valence-corrected chi connectivity index (χ2v) is 4.83. The van der Waals surface area contributed by atoms with Crippen molar-refractivity contribution in [1.29, 1.82) is 0 Å². The van der Waals surface area contributed by atoms with Crippen LogP contribution >= 0.6 is 0 Å². The Kier molecular flexibility index (Phi) is 2.50. The monoisotopic (exact) mass is 286 g/mol. The van der Waals surface area contributed by atoms with Gasteiger partial charge in [-0.05, 0) is 35.9 Å². The summed E-state index contributed by atoms with van der Waals surface area (Å²) in [4.78, 5) is 13.8. The van der Waals surface area contributed by atoms with Crippen molar-refractivity contribution in [2.24, 2.45) is 0 Å². The first kappa shape index (κ1) is 12.0. The lowest BCUT2D eigenvalue weighted by Crippen LogP contribution is -2.38. The largest absolute Gasteiger partial charge is 0.454 e. The Hall–Kier alpha value is -2.76. The van der Waals surface area contributed by atoms with Crippen LogP contribution < -0.4 is 19.7 Å². The normalized spacial score (nSPS) is 15.7. The van der Waals surface area contributed by atoms with Gasteiger partial charge in [-0.2, -0.15) is 0 Å². The molecule has 5 nitrogen and oxygen atoms in total. The molecule has 106 valence electrons. The summed E-state index contributed by atoms with van der Waals surface area (Å²) in [7, 11) is 0. The summed E-state index contributed by atoms with van der Waals surface area (Å²) < 4.78 is 24.1. The summed E-state index contributed by atoms with van der Waals surface area (Å²) in [6.07, 6.45) is 0. The van der Waals surface area contributed by atoms with Crippen molar-refractivity contribution in [2.45, 2.75) is 6.54 Å². The second-order valence-electron chi connectivity index (χ2n) is 4.83. The number of nitrogens with zero attached hydrogens (tertiary/aromatic N) is 1. The van der Waals surface area contributed by atoms with E-state index in [1.807, 2.05) is 0 Å². The standard InChI is InChI=1S/C15H11FN2O3/c16-10-4-5-11-9(6-10)7-18(15(19)17-11)12-2-1-3-13-14(12)21-8-20-13/h1-6H,7-8H2,(H,17,19). The third-order valence-corrected chi connectivity index (χ3v) is 3.55. The Labute approximate surface area is 119 Å². The van der Waals surface area contributed by atoms with Gasteiger partial charge in [-0.1, -0.05) is 6.07 Å². The first-order valence-electron chi connectivity index (χ1n) is 6.48. The molecule has 0 bridgehead atoms. The van der Waals surface area contributed by atoms with Gasteiger partial charge in [0, 0.05) is 5.69 Å². The zero-order valence-corrected chi connectivity index (χ0v) is 10.9. The highest BCUT2D eigenvalue weighted by Gasteiger charge is 2.29. The maximum absolute atomic E-state index is 13.4. The molecule has 0 unspecified atom stereocenters. The Bertz CT molecular complexity index is 748. The van der Waals surface area contributed by atoms with E-state index in [1.165, 1.54) is 17.0 Å². The highest BCUT2D eigenvalue weighted by Crippen LogP contribution is 2.42. The minimum atomic E-state index is -0.331. The molecule has 2 aliphatic heterocycles. The van der Waals surface area contributed by atoms with Crippen LogP contribution in [0.5, 0.6) is 11.5 Å². The van der Waals surface area contributed by atoms with Crippen molar-refractivity contribution in [2.75, 3.05) is 17.0 Å². The Morgan fingerprint density at radius 2 is 2.10 bits per heavy atom. The molecule has 2 aliphatic rings. The molecule has 2 amide bonds. The van der Waals surface area contributed by atoms with Gasteiger partial charge in [0.05, 0.1) is 12.2 Å².